The van der Waals surface area contributed by atoms with E-state index in [-0.39, 0.29) is 17.4 Å². The highest BCUT2D eigenvalue weighted by Crippen LogP contribution is 2.24. The summed E-state index contributed by atoms with van der Waals surface area (Å²) in [6, 6.07) is 4.79. The molecule has 0 spiro atoms. The Balaban J connectivity index is 1.91. The molecular formula is C21H34N2O6S. The van der Waals surface area contributed by atoms with E-state index in [1.54, 1.807) is 19.1 Å². The molecule has 0 bridgehead atoms. The van der Waals surface area contributed by atoms with E-state index in [2.05, 4.69) is 5.32 Å². The third kappa shape index (κ3) is 7.02. The standard InChI is InChI=1S/C21H34N2O6S/c1-4-28-20(29-5-2)16-27-14-11-22-21(24)18-10-9-17(3)19(15-18)30(25,26)23-12-7-6-8-13-23/h9-10,15,20H,4-8,11-14,16H2,1-3H3,(H,22,24). The van der Waals surface area contributed by atoms with Crippen molar-refractivity contribution in [3.05, 3.63) is 29.3 Å². The quantitative estimate of drug-likeness (QED) is 0.394. The Morgan fingerprint density at radius 3 is 2.43 bits per heavy atom. The van der Waals surface area contributed by atoms with E-state index in [0.29, 0.717) is 50.6 Å². The van der Waals surface area contributed by atoms with Crippen molar-refractivity contribution in [1.82, 2.24) is 9.62 Å². The van der Waals surface area contributed by atoms with Gasteiger partial charge in [0.05, 0.1) is 18.1 Å². The van der Waals surface area contributed by atoms with Crippen molar-refractivity contribution >= 4 is 15.9 Å². The summed E-state index contributed by atoms with van der Waals surface area (Å²) in [6.45, 7) is 8.50. The van der Waals surface area contributed by atoms with E-state index < -0.39 is 16.3 Å². The number of sulfonamides is 1. The van der Waals surface area contributed by atoms with Crippen LogP contribution in [-0.4, -0.2) is 71.0 Å². The van der Waals surface area contributed by atoms with E-state index in [9.17, 15) is 13.2 Å². The minimum absolute atomic E-state index is 0.199. The highest BCUT2D eigenvalue weighted by atomic mass is 32.2. The molecule has 1 fully saturated rings. The molecule has 1 aromatic rings. The molecule has 1 aliphatic rings. The van der Waals surface area contributed by atoms with Crippen LogP contribution in [0.25, 0.3) is 0 Å². The Bertz CT molecular complexity index is 772. The van der Waals surface area contributed by atoms with Gasteiger partial charge in [0.1, 0.15) is 0 Å². The number of amides is 1. The molecule has 1 N–H and O–H groups in total. The van der Waals surface area contributed by atoms with Gasteiger partial charge in [-0.05, 0) is 51.3 Å². The van der Waals surface area contributed by atoms with Gasteiger partial charge in [-0.2, -0.15) is 4.31 Å². The second-order valence-corrected chi connectivity index (χ2v) is 9.02. The van der Waals surface area contributed by atoms with Gasteiger partial charge in [0.15, 0.2) is 6.29 Å². The largest absolute Gasteiger partial charge is 0.374 e. The van der Waals surface area contributed by atoms with Gasteiger partial charge in [0, 0.05) is 38.4 Å². The summed E-state index contributed by atoms with van der Waals surface area (Å²) in [4.78, 5) is 12.7. The number of hydrogen-bond acceptors (Lipinski definition) is 6. The minimum atomic E-state index is -3.60. The zero-order valence-electron chi connectivity index (χ0n) is 18.2. The van der Waals surface area contributed by atoms with Gasteiger partial charge >= 0.3 is 0 Å². The maximum atomic E-state index is 13.0. The number of rotatable bonds is 12. The van der Waals surface area contributed by atoms with E-state index >= 15 is 0 Å². The highest BCUT2D eigenvalue weighted by Gasteiger charge is 2.28. The summed E-state index contributed by atoms with van der Waals surface area (Å²) in [5.74, 6) is -0.333. The Morgan fingerprint density at radius 1 is 1.13 bits per heavy atom. The van der Waals surface area contributed by atoms with Gasteiger partial charge in [0.25, 0.3) is 5.91 Å². The van der Waals surface area contributed by atoms with Crippen LogP contribution in [0.2, 0.25) is 0 Å². The summed E-state index contributed by atoms with van der Waals surface area (Å²) in [5, 5.41) is 2.76. The van der Waals surface area contributed by atoms with Crippen LogP contribution >= 0.6 is 0 Å². The monoisotopic (exact) mass is 442 g/mol. The molecule has 0 aliphatic carbocycles. The molecule has 9 heteroatoms. The van der Waals surface area contributed by atoms with Gasteiger partial charge in [-0.1, -0.05) is 12.5 Å². The lowest BCUT2D eigenvalue weighted by atomic mass is 10.1. The summed E-state index contributed by atoms with van der Waals surface area (Å²) in [7, 11) is -3.60. The molecule has 170 valence electrons. The molecule has 1 amide bonds. The van der Waals surface area contributed by atoms with Crippen molar-refractivity contribution in [3.63, 3.8) is 0 Å². The maximum absolute atomic E-state index is 13.0. The Labute approximate surface area is 179 Å². The van der Waals surface area contributed by atoms with Crippen LogP contribution in [0.3, 0.4) is 0 Å². The molecule has 0 radical (unpaired) electrons. The molecule has 1 saturated heterocycles. The van der Waals surface area contributed by atoms with Crippen LogP contribution in [0.15, 0.2) is 23.1 Å². The molecule has 2 rings (SSSR count). The number of carbonyl (C=O) groups excluding carboxylic acids is 1. The van der Waals surface area contributed by atoms with Gasteiger partial charge < -0.3 is 19.5 Å². The van der Waals surface area contributed by atoms with E-state index in [1.807, 2.05) is 13.8 Å². The van der Waals surface area contributed by atoms with Crippen LogP contribution in [0, 0.1) is 6.92 Å². The molecule has 0 saturated carbocycles. The first-order chi connectivity index (χ1) is 14.4. The average Bonchev–Trinajstić information content (AvgIpc) is 2.74. The third-order valence-corrected chi connectivity index (χ3v) is 6.91. The van der Waals surface area contributed by atoms with Crippen molar-refractivity contribution in [2.45, 2.75) is 51.2 Å². The normalized spacial score (nSPS) is 15.5. The molecular weight excluding hydrogens is 408 g/mol. The lowest BCUT2D eigenvalue weighted by Gasteiger charge is -2.26. The number of nitrogens with one attached hydrogen (secondary N) is 1. The Morgan fingerprint density at radius 2 is 1.80 bits per heavy atom. The van der Waals surface area contributed by atoms with Crippen LogP contribution in [0.5, 0.6) is 0 Å². The smallest absolute Gasteiger partial charge is 0.251 e. The third-order valence-electron chi connectivity index (χ3n) is 4.87. The maximum Gasteiger partial charge on any atom is 0.251 e. The van der Waals surface area contributed by atoms with Crippen LogP contribution in [0.4, 0.5) is 0 Å². The van der Waals surface area contributed by atoms with Crippen molar-refractivity contribution in [1.29, 1.82) is 0 Å². The summed E-state index contributed by atoms with van der Waals surface area (Å²) >= 11 is 0. The second-order valence-electron chi connectivity index (χ2n) is 7.12. The van der Waals surface area contributed by atoms with Gasteiger partial charge in [0.2, 0.25) is 10.0 Å². The van der Waals surface area contributed by atoms with Crippen molar-refractivity contribution in [3.8, 4) is 0 Å². The number of ether oxygens (including phenoxy) is 3. The van der Waals surface area contributed by atoms with Crippen molar-refractivity contribution < 1.29 is 27.4 Å². The number of aryl methyl sites for hydroxylation is 1. The first-order valence-electron chi connectivity index (χ1n) is 10.6. The van der Waals surface area contributed by atoms with Gasteiger partial charge in [-0.3, -0.25) is 4.79 Å². The number of hydrogen-bond donors (Lipinski definition) is 1. The fourth-order valence-electron chi connectivity index (χ4n) is 3.30. The summed E-state index contributed by atoms with van der Waals surface area (Å²) in [5.41, 5.74) is 0.955. The number of benzene rings is 1. The van der Waals surface area contributed by atoms with E-state index in [4.69, 9.17) is 14.2 Å². The molecule has 0 unspecified atom stereocenters. The predicted molar refractivity (Wildman–Crippen MR) is 114 cm³/mol. The molecule has 8 nitrogen and oxygen atoms in total. The Kier molecular flexibility index (Phi) is 10.2. The number of carbonyl (C=O) groups is 1. The SMILES string of the molecule is CCOC(COCCNC(=O)c1ccc(C)c(S(=O)(=O)N2CCCCC2)c1)OCC. The highest BCUT2D eigenvalue weighted by molar-refractivity contribution is 7.89. The summed E-state index contributed by atoms with van der Waals surface area (Å²) in [6.07, 6.45) is 2.36. The zero-order valence-corrected chi connectivity index (χ0v) is 19.0. The molecule has 30 heavy (non-hydrogen) atoms. The van der Waals surface area contributed by atoms with Crippen molar-refractivity contribution in [2.75, 3.05) is 46.1 Å². The molecule has 1 aromatic carbocycles. The van der Waals surface area contributed by atoms with Crippen LogP contribution in [0.1, 0.15) is 49.0 Å². The van der Waals surface area contributed by atoms with E-state index in [0.717, 1.165) is 19.3 Å². The van der Waals surface area contributed by atoms with Gasteiger partial charge in [-0.25, -0.2) is 8.42 Å². The predicted octanol–water partition coefficient (Wildman–Crippen LogP) is 2.32. The topological polar surface area (TPSA) is 94.2 Å². The Hall–Kier alpha value is -1.52. The minimum Gasteiger partial charge on any atom is -0.374 e. The molecule has 1 aliphatic heterocycles. The first kappa shape index (κ1) is 24.7. The molecule has 0 aromatic heterocycles. The lowest BCUT2D eigenvalue weighted by Crippen LogP contribution is -2.36. The van der Waals surface area contributed by atoms with Gasteiger partial charge in [-0.15, -0.1) is 0 Å². The molecule has 1 heterocycles. The zero-order chi connectivity index (χ0) is 22.0. The average molecular weight is 443 g/mol. The second kappa shape index (κ2) is 12.4. The van der Waals surface area contributed by atoms with Crippen LogP contribution in [-0.2, 0) is 24.2 Å². The summed E-state index contributed by atoms with van der Waals surface area (Å²) < 4.78 is 43.8. The molecule has 0 atom stereocenters. The van der Waals surface area contributed by atoms with E-state index in [1.165, 1.54) is 10.4 Å². The first-order valence-corrected chi connectivity index (χ1v) is 12.0. The van der Waals surface area contributed by atoms with Crippen molar-refractivity contribution in [2.24, 2.45) is 0 Å². The number of piperidine rings is 1. The fraction of sp³-hybridized carbons (Fsp3) is 0.667. The fourth-order valence-corrected chi connectivity index (χ4v) is 5.07. The lowest BCUT2D eigenvalue weighted by molar-refractivity contribution is -0.166. The van der Waals surface area contributed by atoms with Crippen LogP contribution < -0.4 is 5.32 Å². The number of nitrogens with zero attached hydrogens (tertiary/aromatic N) is 1.